The van der Waals surface area contributed by atoms with E-state index in [1.165, 1.54) is 18.4 Å². The minimum Gasteiger partial charge on any atom is -0.497 e. The minimum absolute atomic E-state index is 0.0916. The highest BCUT2D eigenvalue weighted by atomic mass is 32.2. The van der Waals surface area contributed by atoms with E-state index >= 15 is 0 Å². The van der Waals surface area contributed by atoms with Gasteiger partial charge in [0.25, 0.3) is 0 Å². The number of rotatable bonds is 3. The number of fused-ring (bicyclic) bond motifs is 1. The van der Waals surface area contributed by atoms with Crippen molar-refractivity contribution in [2.24, 2.45) is 5.73 Å². The predicted molar refractivity (Wildman–Crippen MR) is 82.4 cm³/mol. The van der Waals surface area contributed by atoms with Crippen molar-refractivity contribution in [1.29, 1.82) is 0 Å². The van der Waals surface area contributed by atoms with Gasteiger partial charge in [0.1, 0.15) is 5.75 Å². The Morgan fingerprint density at radius 2 is 2.00 bits per heavy atom. The summed E-state index contributed by atoms with van der Waals surface area (Å²) in [6, 6.07) is 5.99. The standard InChI is InChI=1S/C16H23NO2S/c1-19-12-7-8-14-11(10-12)6-9-15(16(14)17)20(18)13-4-2-3-5-13/h7-8,10,13,15-16H,2-6,9,17H2,1H3. The van der Waals surface area contributed by atoms with E-state index in [1.807, 2.05) is 6.07 Å². The summed E-state index contributed by atoms with van der Waals surface area (Å²) in [5.41, 5.74) is 8.84. The number of nitrogens with two attached hydrogens (primary N) is 1. The molecule has 0 aromatic heterocycles. The lowest BCUT2D eigenvalue weighted by Gasteiger charge is -2.32. The number of hydrogen-bond donors (Lipinski definition) is 1. The van der Waals surface area contributed by atoms with Gasteiger partial charge in [0.2, 0.25) is 0 Å². The molecule has 1 aromatic rings. The Balaban J connectivity index is 1.81. The first-order chi connectivity index (χ1) is 9.70. The normalized spacial score (nSPS) is 28.1. The predicted octanol–water partition coefficient (Wildman–Crippen LogP) is 2.70. The second-order valence-corrected chi connectivity index (χ2v) is 7.83. The summed E-state index contributed by atoms with van der Waals surface area (Å²) in [7, 11) is 0.900. The van der Waals surface area contributed by atoms with E-state index in [-0.39, 0.29) is 11.3 Å². The van der Waals surface area contributed by atoms with Gasteiger partial charge in [0, 0.05) is 22.1 Å². The highest BCUT2D eigenvalue weighted by Gasteiger charge is 2.35. The van der Waals surface area contributed by atoms with E-state index in [2.05, 4.69) is 12.1 Å². The summed E-state index contributed by atoms with van der Waals surface area (Å²) in [5.74, 6) is 0.881. The van der Waals surface area contributed by atoms with E-state index < -0.39 is 10.8 Å². The van der Waals surface area contributed by atoms with E-state index in [4.69, 9.17) is 10.5 Å². The SMILES string of the molecule is COc1ccc2c(c1)CCC(S(=O)C1CCCC1)C2N. The fourth-order valence-electron chi connectivity index (χ4n) is 3.56. The largest absolute Gasteiger partial charge is 0.497 e. The number of aryl methyl sites for hydroxylation is 1. The van der Waals surface area contributed by atoms with Gasteiger partial charge in [-0.3, -0.25) is 4.21 Å². The molecule has 0 heterocycles. The van der Waals surface area contributed by atoms with Crippen LogP contribution in [0.4, 0.5) is 0 Å². The van der Waals surface area contributed by atoms with Crippen LogP contribution >= 0.6 is 0 Å². The average Bonchev–Trinajstić information content (AvgIpc) is 3.01. The van der Waals surface area contributed by atoms with Gasteiger partial charge in [-0.05, 0) is 48.9 Å². The Labute approximate surface area is 123 Å². The highest BCUT2D eigenvalue weighted by Crippen LogP contribution is 2.36. The van der Waals surface area contributed by atoms with Crippen molar-refractivity contribution in [3.63, 3.8) is 0 Å². The fourth-order valence-corrected chi connectivity index (χ4v) is 5.63. The molecule has 1 saturated carbocycles. The Hall–Kier alpha value is -0.870. The summed E-state index contributed by atoms with van der Waals surface area (Å²) in [4.78, 5) is 0. The van der Waals surface area contributed by atoms with Gasteiger partial charge in [-0.25, -0.2) is 0 Å². The molecule has 4 heteroatoms. The number of methoxy groups -OCH3 is 1. The smallest absolute Gasteiger partial charge is 0.119 e. The monoisotopic (exact) mass is 293 g/mol. The van der Waals surface area contributed by atoms with Crippen molar-refractivity contribution in [1.82, 2.24) is 0 Å². The summed E-state index contributed by atoms with van der Waals surface area (Å²) < 4.78 is 18.0. The van der Waals surface area contributed by atoms with Crippen molar-refractivity contribution in [2.75, 3.05) is 7.11 Å². The van der Waals surface area contributed by atoms with Crippen molar-refractivity contribution >= 4 is 10.8 Å². The Kier molecular flexibility index (Phi) is 4.13. The molecule has 0 aliphatic heterocycles. The maximum Gasteiger partial charge on any atom is 0.119 e. The molecular formula is C16H23NO2S. The Morgan fingerprint density at radius 1 is 1.25 bits per heavy atom. The van der Waals surface area contributed by atoms with E-state index in [1.54, 1.807) is 7.11 Å². The van der Waals surface area contributed by atoms with Crippen LogP contribution in [-0.4, -0.2) is 21.8 Å². The van der Waals surface area contributed by atoms with E-state index in [0.717, 1.165) is 37.0 Å². The van der Waals surface area contributed by atoms with Gasteiger partial charge in [0.05, 0.1) is 12.4 Å². The van der Waals surface area contributed by atoms with Crippen LogP contribution in [0.15, 0.2) is 18.2 Å². The molecule has 0 amide bonds. The van der Waals surface area contributed by atoms with Crippen molar-refractivity contribution in [3.05, 3.63) is 29.3 Å². The van der Waals surface area contributed by atoms with Crippen LogP contribution in [0.25, 0.3) is 0 Å². The lowest BCUT2D eigenvalue weighted by atomic mass is 9.87. The first-order valence-electron chi connectivity index (χ1n) is 7.52. The lowest BCUT2D eigenvalue weighted by molar-refractivity contribution is 0.413. The topological polar surface area (TPSA) is 52.3 Å². The van der Waals surface area contributed by atoms with Crippen LogP contribution in [0, 0.1) is 0 Å². The zero-order valence-electron chi connectivity index (χ0n) is 12.0. The lowest BCUT2D eigenvalue weighted by Crippen LogP contribution is -2.38. The Bertz CT molecular complexity index is 511. The van der Waals surface area contributed by atoms with Gasteiger partial charge in [-0.1, -0.05) is 18.9 Å². The molecule has 0 bridgehead atoms. The highest BCUT2D eigenvalue weighted by molar-refractivity contribution is 7.86. The minimum atomic E-state index is -0.783. The molecule has 2 N–H and O–H groups in total. The number of ether oxygens (including phenoxy) is 1. The van der Waals surface area contributed by atoms with Gasteiger partial charge in [-0.2, -0.15) is 0 Å². The first kappa shape index (κ1) is 14.1. The van der Waals surface area contributed by atoms with Crippen molar-refractivity contribution in [3.8, 4) is 5.75 Å². The third-order valence-electron chi connectivity index (χ3n) is 4.74. The van der Waals surface area contributed by atoms with Crippen LogP contribution in [0.3, 0.4) is 0 Å². The molecule has 3 unspecified atom stereocenters. The molecule has 3 rings (SSSR count). The third-order valence-corrected chi connectivity index (χ3v) is 6.99. The van der Waals surface area contributed by atoms with E-state index in [0.29, 0.717) is 5.25 Å². The third kappa shape index (κ3) is 2.51. The summed E-state index contributed by atoms with van der Waals surface area (Å²) in [6.45, 7) is 0. The van der Waals surface area contributed by atoms with Crippen molar-refractivity contribution < 1.29 is 8.95 Å². The summed E-state index contributed by atoms with van der Waals surface area (Å²) in [5, 5.41) is 0.504. The number of hydrogen-bond acceptors (Lipinski definition) is 3. The van der Waals surface area contributed by atoms with Crippen molar-refractivity contribution in [2.45, 2.75) is 55.1 Å². The molecule has 2 aliphatic carbocycles. The van der Waals surface area contributed by atoms with Gasteiger partial charge in [0.15, 0.2) is 0 Å². The molecule has 0 radical (unpaired) electrons. The van der Waals surface area contributed by atoms with Crippen LogP contribution in [-0.2, 0) is 17.2 Å². The quantitative estimate of drug-likeness (QED) is 0.932. The number of benzene rings is 1. The molecule has 2 aliphatic rings. The molecular weight excluding hydrogens is 270 g/mol. The first-order valence-corrected chi connectivity index (χ1v) is 8.80. The summed E-state index contributed by atoms with van der Waals surface area (Å²) in [6.07, 6.45) is 6.59. The average molecular weight is 293 g/mol. The summed E-state index contributed by atoms with van der Waals surface area (Å²) >= 11 is 0. The second kappa shape index (κ2) is 5.86. The van der Waals surface area contributed by atoms with Gasteiger partial charge in [-0.15, -0.1) is 0 Å². The van der Waals surface area contributed by atoms with Crippen LogP contribution in [0.1, 0.15) is 49.3 Å². The van der Waals surface area contributed by atoms with E-state index in [9.17, 15) is 4.21 Å². The molecule has 1 fully saturated rings. The fraction of sp³-hybridized carbons (Fsp3) is 0.625. The molecule has 110 valence electrons. The molecule has 1 aromatic carbocycles. The molecule has 0 spiro atoms. The zero-order valence-corrected chi connectivity index (χ0v) is 12.8. The van der Waals surface area contributed by atoms with Crippen LogP contribution in [0.5, 0.6) is 5.75 Å². The zero-order chi connectivity index (χ0) is 14.1. The molecule has 0 saturated heterocycles. The molecule has 3 atom stereocenters. The van der Waals surface area contributed by atoms with Crippen LogP contribution < -0.4 is 10.5 Å². The Morgan fingerprint density at radius 3 is 2.70 bits per heavy atom. The maximum atomic E-state index is 12.8. The van der Waals surface area contributed by atoms with Gasteiger partial charge >= 0.3 is 0 Å². The second-order valence-electron chi connectivity index (χ2n) is 5.90. The maximum absolute atomic E-state index is 12.8. The molecule has 20 heavy (non-hydrogen) atoms. The molecule has 3 nitrogen and oxygen atoms in total. The van der Waals surface area contributed by atoms with Crippen LogP contribution in [0.2, 0.25) is 0 Å². The van der Waals surface area contributed by atoms with Gasteiger partial charge < -0.3 is 10.5 Å².